The number of rotatable bonds is 4. The summed E-state index contributed by atoms with van der Waals surface area (Å²) in [6, 6.07) is 0.129. The fourth-order valence-electron chi connectivity index (χ4n) is 2.32. The highest BCUT2D eigenvalue weighted by Gasteiger charge is 2.37. The Kier molecular flexibility index (Phi) is 4.06. The van der Waals surface area contributed by atoms with Crippen LogP contribution < -0.4 is 0 Å². The number of carbonyl (C=O) groups is 2. The van der Waals surface area contributed by atoms with Gasteiger partial charge in [-0.2, -0.15) is 0 Å². The molecule has 1 heterocycles. The van der Waals surface area contributed by atoms with Crippen LogP contribution in [0.5, 0.6) is 0 Å². The van der Waals surface area contributed by atoms with E-state index in [0.29, 0.717) is 13.2 Å². The smallest absolute Gasteiger partial charge is 0.323 e. The molecule has 1 aliphatic carbocycles. The Balaban J connectivity index is 1.95. The van der Waals surface area contributed by atoms with Gasteiger partial charge in [0.15, 0.2) is 0 Å². The van der Waals surface area contributed by atoms with Crippen LogP contribution in [0.1, 0.15) is 25.7 Å². The molecule has 0 aromatic heterocycles. The Morgan fingerprint density at radius 1 is 1.17 bits per heavy atom. The van der Waals surface area contributed by atoms with E-state index in [2.05, 4.69) is 0 Å². The maximum Gasteiger partial charge on any atom is 0.323 e. The molecular weight excluding hydrogens is 236 g/mol. The fourth-order valence-corrected chi connectivity index (χ4v) is 2.32. The molecule has 2 aliphatic rings. The van der Waals surface area contributed by atoms with Crippen molar-refractivity contribution in [1.29, 1.82) is 0 Å². The Morgan fingerprint density at radius 2 is 1.78 bits per heavy atom. The van der Waals surface area contributed by atoms with E-state index in [4.69, 9.17) is 9.84 Å². The van der Waals surface area contributed by atoms with Crippen molar-refractivity contribution >= 4 is 12.0 Å². The lowest BCUT2D eigenvalue weighted by atomic mass is 10.1. The molecule has 0 unspecified atom stereocenters. The number of ether oxygens (including phenoxy) is 1. The van der Waals surface area contributed by atoms with E-state index in [1.165, 1.54) is 4.90 Å². The molecule has 1 saturated carbocycles. The van der Waals surface area contributed by atoms with Gasteiger partial charge in [-0.3, -0.25) is 4.79 Å². The highest BCUT2D eigenvalue weighted by molar-refractivity contribution is 5.80. The molecule has 0 radical (unpaired) electrons. The summed E-state index contributed by atoms with van der Waals surface area (Å²) in [5.74, 6) is -0.948. The number of carboxylic acid groups (broad SMARTS) is 1. The number of aliphatic carboxylic acids is 1. The molecule has 1 aliphatic heterocycles. The lowest BCUT2D eigenvalue weighted by Gasteiger charge is -2.35. The molecule has 1 saturated heterocycles. The largest absolute Gasteiger partial charge is 0.480 e. The summed E-state index contributed by atoms with van der Waals surface area (Å²) in [4.78, 5) is 26.3. The van der Waals surface area contributed by atoms with Gasteiger partial charge in [-0.15, -0.1) is 0 Å². The van der Waals surface area contributed by atoms with E-state index in [0.717, 1.165) is 25.7 Å². The van der Waals surface area contributed by atoms with Crippen molar-refractivity contribution in [3.8, 4) is 0 Å². The van der Waals surface area contributed by atoms with Gasteiger partial charge < -0.3 is 19.6 Å². The van der Waals surface area contributed by atoms with E-state index < -0.39 is 5.97 Å². The number of hydrogen-bond donors (Lipinski definition) is 1. The van der Waals surface area contributed by atoms with Crippen molar-refractivity contribution in [3.05, 3.63) is 0 Å². The number of amides is 2. The van der Waals surface area contributed by atoms with Crippen molar-refractivity contribution in [2.75, 3.05) is 26.8 Å². The van der Waals surface area contributed by atoms with Gasteiger partial charge in [0, 0.05) is 32.3 Å². The molecule has 102 valence electrons. The van der Waals surface area contributed by atoms with Gasteiger partial charge in [-0.25, -0.2) is 4.79 Å². The van der Waals surface area contributed by atoms with E-state index in [1.807, 2.05) is 0 Å². The second-order valence-corrected chi connectivity index (χ2v) is 4.99. The number of carboxylic acids is 1. The lowest BCUT2D eigenvalue weighted by molar-refractivity contribution is -0.137. The molecule has 6 heteroatoms. The molecular formula is C12H20N2O4. The van der Waals surface area contributed by atoms with Crippen LogP contribution >= 0.6 is 0 Å². The van der Waals surface area contributed by atoms with Gasteiger partial charge in [0.25, 0.3) is 0 Å². The van der Waals surface area contributed by atoms with Crippen LogP contribution in [0.15, 0.2) is 0 Å². The predicted octanol–water partition coefficient (Wildman–Crippen LogP) is 0.766. The highest BCUT2D eigenvalue weighted by atomic mass is 16.5. The second kappa shape index (κ2) is 5.56. The summed E-state index contributed by atoms with van der Waals surface area (Å²) < 4.78 is 5.27. The van der Waals surface area contributed by atoms with E-state index in [-0.39, 0.29) is 24.7 Å². The minimum Gasteiger partial charge on any atom is -0.480 e. The van der Waals surface area contributed by atoms with Crippen LogP contribution in [0.3, 0.4) is 0 Å². The molecule has 0 aromatic carbocycles. The standard InChI is InChI=1S/C12H20N2O4/c1-13(9-4-6-18-7-5-9)12(17)14(8-11(15)16)10-2-3-10/h9-10H,2-8H2,1H3,(H,15,16). The zero-order chi connectivity index (χ0) is 13.1. The van der Waals surface area contributed by atoms with Crippen molar-refractivity contribution in [3.63, 3.8) is 0 Å². The average Bonchev–Trinajstić information content (AvgIpc) is 3.19. The Labute approximate surface area is 106 Å². The fraction of sp³-hybridized carbons (Fsp3) is 0.833. The molecule has 2 fully saturated rings. The first kappa shape index (κ1) is 13.1. The minimum absolute atomic E-state index is 0.121. The summed E-state index contributed by atoms with van der Waals surface area (Å²) >= 11 is 0. The van der Waals surface area contributed by atoms with E-state index >= 15 is 0 Å². The molecule has 0 spiro atoms. The Bertz CT molecular complexity index is 324. The van der Waals surface area contributed by atoms with Gasteiger partial charge in [0.05, 0.1) is 0 Å². The Morgan fingerprint density at radius 3 is 2.28 bits per heavy atom. The van der Waals surface area contributed by atoms with E-state index in [1.54, 1.807) is 11.9 Å². The summed E-state index contributed by atoms with van der Waals surface area (Å²) in [6.45, 7) is 1.15. The monoisotopic (exact) mass is 256 g/mol. The summed E-state index contributed by atoms with van der Waals surface area (Å²) in [6.07, 6.45) is 3.49. The van der Waals surface area contributed by atoms with Crippen LogP contribution in [0.25, 0.3) is 0 Å². The first-order valence-electron chi connectivity index (χ1n) is 6.42. The first-order chi connectivity index (χ1) is 8.59. The second-order valence-electron chi connectivity index (χ2n) is 4.99. The third-order valence-electron chi connectivity index (χ3n) is 3.58. The van der Waals surface area contributed by atoms with Crippen LogP contribution in [0, 0.1) is 0 Å². The molecule has 6 nitrogen and oxygen atoms in total. The molecule has 2 amide bonds. The third kappa shape index (κ3) is 3.13. The van der Waals surface area contributed by atoms with Crippen molar-refractivity contribution in [1.82, 2.24) is 9.80 Å². The average molecular weight is 256 g/mol. The summed E-state index contributed by atoms with van der Waals surface area (Å²) in [7, 11) is 1.76. The van der Waals surface area contributed by atoms with Crippen molar-refractivity contribution < 1.29 is 19.4 Å². The van der Waals surface area contributed by atoms with Crippen molar-refractivity contribution in [2.24, 2.45) is 0 Å². The number of urea groups is 1. The first-order valence-corrected chi connectivity index (χ1v) is 6.42. The molecule has 18 heavy (non-hydrogen) atoms. The molecule has 2 rings (SSSR count). The maximum absolute atomic E-state index is 12.3. The van der Waals surface area contributed by atoms with Crippen molar-refractivity contribution in [2.45, 2.75) is 37.8 Å². The quantitative estimate of drug-likeness (QED) is 0.806. The zero-order valence-electron chi connectivity index (χ0n) is 10.7. The minimum atomic E-state index is -0.948. The van der Waals surface area contributed by atoms with Crippen LogP contribution in [0.4, 0.5) is 4.79 Å². The van der Waals surface area contributed by atoms with Gasteiger partial charge in [0.1, 0.15) is 6.54 Å². The van der Waals surface area contributed by atoms with Crippen LogP contribution in [-0.2, 0) is 9.53 Å². The van der Waals surface area contributed by atoms with Gasteiger partial charge in [-0.05, 0) is 25.7 Å². The van der Waals surface area contributed by atoms with E-state index in [9.17, 15) is 9.59 Å². The number of carbonyl (C=O) groups excluding carboxylic acids is 1. The molecule has 0 atom stereocenters. The molecule has 0 aromatic rings. The third-order valence-corrected chi connectivity index (χ3v) is 3.58. The SMILES string of the molecule is CN(C(=O)N(CC(=O)O)C1CC1)C1CCOCC1. The summed E-state index contributed by atoms with van der Waals surface area (Å²) in [5, 5.41) is 8.87. The zero-order valence-corrected chi connectivity index (χ0v) is 10.7. The lowest BCUT2D eigenvalue weighted by Crippen LogP contribution is -2.50. The topological polar surface area (TPSA) is 70.1 Å². The summed E-state index contributed by atoms with van der Waals surface area (Å²) in [5.41, 5.74) is 0. The highest BCUT2D eigenvalue weighted by Crippen LogP contribution is 2.28. The van der Waals surface area contributed by atoms with Gasteiger partial charge in [-0.1, -0.05) is 0 Å². The van der Waals surface area contributed by atoms with Crippen LogP contribution in [-0.4, -0.2) is 65.8 Å². The van der Waals surface area contributed by atoms with Crippen LogP contribution in [0.2, 0.25) is 0 Å². The van der Waals surface area contributed by atoms with Gasteiger partial charge in [0.2, 0.25) is 0 Å². The number of hydrogen-bond acceptors (Lipinski definition) is 3. The molecule has 1 N–H and O–H groups in total. The van der Waals surface area contributed by atoms with Gasteiger partial charge >= 0.3 is 12.0 Å². The number of nitrogens with zero attached hydrogens (tertiary/aromatic N) is 2. The normalized spacial score (nSPS) is 20.5. The maximum atomic E-state index is 12.3. The molecule has 0 bridgehead atoms. The predicted molar refractivity (Wildman–Crippen MR) is 64.4 cm³/mol. The Hall–Kier alpha value is -1.30.